The Balaban J connectivity index is 0.00000218. The summed E-state index contributed by atoms with van der Waals surface area (Å²) in [6.07, 6.45) is 0. The second-order valence-electron chi connectivity index (χ2n) is 7.41. The number of anilines is 4. The minimum absolute atomic E-state index is 0. The minimum atomic E-state index is 0. The molecule has 0 bridgehead atoms. The van der Waals surface area contributed by atoms with Crippen LogP contribution in [0.3, 0.4) is 0 Å². The van der Waals surface area contributed by atoms with E-state index in [2.05, 4.69) is 115 Å². The van der Waals surface area contributed by atoms with Gasteiger partial charge in [-0.3, -0.25) is 0 Å². The third kappa shape index (κ3) is 3.56. The van der Waals surface area contributed by atoms with Gasteiger partial charge in [-0.25, -0.2) is 0 Å². The summed E-state index contributed by atoms with van der Waals surface area (Å²) in [7, 11) is 0. The molecule has 0 amide bonds. The summed E-state index contributed by atoms with van der Waals surface area (Å²) in [4.78, 5) is 4.50. The Hall–Kier alpha value is -2.87. The van der Waals surface area contributed by atoms with Gasteiger partial charge < -0.3 is 9.80 Å². The summed E-state index contributed by atoms with van der Waals surface area (Å²) < 4.78 is 0. The molecule has 0 aromatic heterocycles. The first-order valence-corrected chi connectivity index (χ1v) is 9.88. The zero-order valence-corrected chi connectivity index (χ0v) is 19.4. The predicted octanol–water partition coefficient (Wildman–Crippen LogP) is 7.18. The number of para-hydroxylation sites is 2. The molecule has 0 saturated heterocycles. The van der Waals surface area contributed by atoms with E-state index in [4.69, 9.17) is 0 Å². The molecular formula is C27H22IrN2-2. The van der Waals surface area contributed by atoms with Crippen molar-refractivity contribution in [2.75, 3.05) is 9.80 Å². The number of hydrogen-bond donors (Lipinski definition) is 0. The van der Waals surface area contributed by atoms with Crippen molar-refractivity contribution in [2.24, 2.45) is 0 Å². The Kier molecular flexibility index (Phi) is 5.76. The average molecular weight is 567 g/mol. The van der Waals surface area contributed by atoms with Gasteiger partial charge in [-0.2, -0.15) is 30.3 Å². The summed E-state index contributed by atoms with van der Waals surface area (Å²) in [5.74, 6) is 0. The molecule has 30 heavy (non-hydrogen) atoms. The number of benzene rings is 4. The van der Waals surface area contributed by atoms with Crippen LogP contribution in [-0.2, 0) is 20.1 Å². The Morgan fingerprint density at radius 2 is 1.40 bits per heavy atom. The third-order valence-electron chi connectivity index (χ3n) is 5.51. The second-order valence-corrected chi connectivity index (χ2v) is 7.41. The van der Waals surface area contributed by atoms with Gasteiger partial charge >= 0.3 is 0 Å². The van der Waals surface area contributed by atoms with Crippen molar-refractivity contribution in [3.05, 3.63) is 115 Å². The molecule has 4 aromatic rings. The number of fused-ring (bicyclic) bond motifs is 1. The average Bonchev–Trinajstić information content (AvgIpc) is 3.14. The molecule has 2 nitrogen and oxygen atoms in total. The van der Waals surface area contributed by atoms with Crippen LogP contribution in [0.1, 0.15) is 11.1 Å². The van der Waals surface area contributed by atoms with Gasteiger partial charge in [0.15, 0.2) is 0 Å². The first-order chi connectivity index (χ1) is 14.2. The smallest absolute Gasteiger partial charge is 0.0345 e. The van der Waals surface area contributed by atoms with E-state index in [1.807, 2.05) is 12.1 Å². The third-order valence-corrected chi connectivity index (χ3v) is 5.51. The van der Waals surface area contributed by atoms with Crippen LogP contribution < -0.4 is 9.80 Å². The first kappa shape index (κ1) is 20.4. The van der Waals surface area contributed by atoms with E-state index in [9.17, 15) is 0 Å². The zero-order valence-electron chi connectivity index (χ0n) is 17.0. The first-order valence-electron chi connectivity index (χ1n) is 9.88. The fourth-order valence-electron chi connectivity index (χ4n) is 3.98. The largest absolute Gasteiger partial charge is 0.493 e. The Morgan fingerprint density at radius 1 is 0.667 bits per heavy atom. The van der Waals surface area contributed by atoms with Crippen LogP contribution in [0.25, 0.3) is 11.1 Å². The van der Waals surface area contributed by atoms with Crippen molar-refractivity contribution in [3.63, 3.8) is 0 Å². The van der Waals surface area contributed by atoms with E-state index in [1.165, 1.54) is 33.6 Å². The molecular weight excluding hydrogens is 545 g/mol. The van der Waals surface area contributed by atoms with Crippen molar-refractivity contribution >= 4 is 22.7 Å². The zero-order chi connectivity index (χ0) is 19.8. The Bertz CT molecular complexity index is 1170. The van der Waals surface area contributed by atoms with Gasteiger partial charge in [0.25, 0.3) is 0 Å². The van der Waals surface area contributed by atoms with Crippen LogP contribution in [0, 0.1) is 26.6 Å². The van der Waals surface area contributed by atoms with Crippen molar-refractivity contribution in [1.29, 1.82) is 0 Å². The summed E-state index contributed by atoms with van der Waals surface area (Å²) in [5, 5.41) is 0. The SMILES string of the molecule is Cc1ccccc1-c1ccc2c(c1)N(c1[c-]cccc1)[CH-]N2c1ccccc1C.[Ir]. The van der Waals surface area contributed by atoms with Gasteiger partial charge in [-0.15, -0.1) is 12.4 Å². The molecule has 3 heteroatoms. The number of nitrogens with zero attached hydrogens (tertiary/aromatic N) is 2. The van der Waals surface area contributed by atoms with E-state index in [0.29, 0.717) is 0 Å². The van der Waals surface area contributed by atoms with Crippen molar-refractivity contribution in [2.45, 2.75) is 13.8 Å². The summed E-state index contributed by atoms with van der Waals surface area (Å²) in [5.41, 5.74) is 9.58. The summed E-state index contributed by atoms with van der Waals surface area (Å²) in [6, 6.07) is 35.3. The number of rotatable bonds is 3. The summed E-state index contributed by atoms with van der Waals surface area (Å²) in [6.45, 7) is 6.49. The van der Waals surface area contributed by atoms with Gasteiger partial charge in [0, 0.05) is 37.2 Å². The maximum Gasteiger partial charge on any atom is 0.0345 e. The van der Waals surface area contributed by atoms with Gasteiger partial charge in [-0.05, 0) is 54.3 Å². The fourth-order valence-corrected chi connectivity index (χ4v) is 3.98. The fraction of sp³-hybridized carbons (Fsp3) is 0.0741. The van der Waals surface area contributed by atoms with Gasteiger partial charge in [0.05, 0.1) is 0 Å². The number of hydrogen-bond acceptors (Lipinski definition) is 2. The molecule has 0 aliphatic carbocycles. The van der Waals surface area contributed by atoms with Crippen LogP contribution in [0.5, 0.6) is 0 Å². The van der Waals surface area contributed by atoms with Crippen molar-refractivity contribution in [3.8, 4) is 11.1 Å². The quantitative estimate of drug-likeness (QED) is 0.243. The molecule has 1 radical (unpaired) electrons. The molecule has 1 heterocycles. The molecule has 151 valence electrons. The van der Waals surface area contributed by atoms with E-state index in [0.717, 1.165) is 11.4 Å². The van der Waals surface area contributed by atoms with E-state index in [1.54, 1.807) is 0 Å². The van der Waals surface area contributed by atoms with Gasteiger partial charge in [-0.1, -0.05) is 48.5 Å². The van der Waals surface area contributed by atoms with Crippen molar-refractivity contribution < 1.29 is 20.1 Å². The molecule has 0 spiro atoms. The van der Waals surface area contributed by atoms with Crippen LogP contribution in [0.2, 0.25) is 0 Å². The Labute approximate surface area is 192 Å². The standard InChI is InChI=1S/C27H22N2.Ir/c1-20-10-6-8-14-24(20)22-16-17-26-27(18-22)28(23-12-4-3-5-13-23)19-29(26)25-15-9-7-11-21(25)2;/h3-12,14-19H,1-2H3;/q-2;. The van der Waals surface area contributed by atoms with Crippen LogP contribution in [-0.4, -0.2) is 0 Å². The maximum atomic E-state index is 3.38. The molecule has 4 aromatic carbocycles. The second kappa shape index (κ2) is 8.47. The predicted molar refractivity (Wildman–Crippen MR) is 122 cm³/mol. The van der Waals surface area contributed by atoms with E-state index in [-0.39, 0.29) is 20.1 Å². The maximum absolute atomic E-state index is 3.38. The van der Waals surface area contributed by atoms with Crippen LogP contribution >= 0.6 is 0 Å². The molecule has 1 aliphatic rings. The monoisotopic (exact) mass is 567 g/mol. The van der Waals surface area contributed by atoms with Crippen LogP contribution in [0.15, 0.2) is 91.0 Å². The normalized spacial score (nSPS) is 12.5. The Morgan fingerprint density at radius 3 is 2.13 bits per heavy atom. The minimum Gasteiger partial charge on any atom is -0.493 e. The topological polar surface area (TPSA) is 6.48 Å². The van der Waals surface area contributed by atoms with E-state index >= 15 is 0 Å². The molecule has 0 atom stereocenters. The number of aryl methyl sites for hydroxylation is 2. The van der Waals surface area contributed by atoms with Gasteiger partial charge in [0.1, 0.15) is 0 Å². The van der Waals surface area contributed by atoms with Gasteiger partial charge in [0.2, 0.25) is 0 Å². The van der Waals surface area contributed by atoms with Crippen LogP contribution in [0.4, 0.5) is 22.7 Å². The molecule has 0 unspecified atom stereocenters. The molecule has 0 fully saturated rings. The van der Waals surface area contributed by atoms with E-state index < -0.39 is 0 Å². The van der Waals surface area contributed by atoms with Crippen molar-refractivity contribution in [1.82, 2.24) is 0 Å². The molecule has 0 saturated carbocycles. The molecule has 0 N–H and O–H groups in total. The molecule has 5 rings (SSSR count). The molecule has 1 aliphatic heterocycles. The summed E-state index contributed by atoms with van der Waals surface area (Å²) >= 11 is 0.